The van der Waals surface area contributed by atoms with E-state index in [1.165, 1.54) is 18.4 Å². The van der Waals surface area contributed by atoms with E-state index in [1.807, 2.05) is 11.8 Å². The normalized spacial score (nSPS) is 24.2. The molecule has 1 aliphatic carbocycles. The van der Waals surface area contributed by atoms with Gasteiger partial charge in [-0.3, -0.25) is 0 Å². The van der Waals surface area contributed by atoms with Crippen LogP contribution in [0.3, 0.4) is 0 Å². The second-order valence-electron chi connectivity index (χ2n) is 6.55. The number of amides is 2. The first kappa shape index (κ1) is 16.7. The van der Waals surface area contributed by atoms with Crippen molar-refractivity contribution in [2.75, 3.05) is 12.9 Å². The van der Waals surface area contributed by atoms with Crippen molar-refractivity contribution in [3.63, 3.8) is 0 Å². The molecule has 0 unspecified atom stereocenters. The third-order valence-electron chi connectivity index (χ3n) is 4.55. The van der Waals surface area contributed by atoms with Crippen LogP contribution in [0.1, 0.15) is 36.8 Å². The van der Waals surface area contributed by atoms with Gasteiger partial charge in [0.2, 0.25) is 0 Å². The minimum Gasteiger partial charge on any atom is -0.378 e. The monoisotopic (exact) mass is 334 g/mol. The van der Waals surface area contributed by atoms with E-state index in [2.05, 4.69) is 41.2 Å². The molecule has 2 amide bonds. The topological polar surface area (TPSA) is 50.4 Å². The Morgan fingerprint density at radius 3 is 2.91 bits per heavy atom. The number of carbonyl (C=O) groups excluding carboxylic acids is 1. The number of benzene rings is 1. The van der Waals surface area contributed by atoms with Gasteiger partial charge in [0.1, 0.15) is 0 Å². The van der Waals surface area contributed by atoms with Gasteiger partial charge >= 0.3 is 6.03 Å². The number of rotatable bonds is 6. The van der Waals surface area contributed by atoms with Crippen molar-refractivity contribution in [2.24, 2.45) is 5.92 Å². The Labute approximate surface area is 142 Å². The number of nitrogens with one attached hydrogen (secondary N) is 2. The zero-order valence-corrected chi connectivity index (χ0v) is 14.5. The molecule has 1 aromatic carbocycles. The Bertz CT molecular complexity index is 534. The van der Waals surface area contributed by atoms with Gasteiger partial charge in [0, 0.05) is 24.9 Å². The lowest BCUT2D eigenvalue weighted by atomic mass is 10.0. The van der Waals surface area contributed by atoms with Crippen molar-refractivity contribution in [3.05, 3.63) is 35.4 Å². The molecule has 1 heterocycles. The predicted octanol–water partition coefficient (Wildman–Crippen LogP) is 3.31. The molecule has 0 radical (unpaired) electrons. The van der Waals surface area contributed by atoms with E-state index >= 15 is 0 Å². The average Bonchev–Trinajstić information content (AvgIpc) is 3.39. The molecule has 2 N–H and O–H groups in total. The van der Waals surface area contributed by atoms with Crippen molar-refractivity contribution in [1.82, 2.24) is 10.6 Å². The third kappa shape index (κ3) is 5.15. The molecule has 0 bridgehead atoms. The van der Waals surface area contributed by atoms with Crippen LogP contribution in [0.25, 0.3) is 0 Å². The van der Waals surface area contributed by atoms with Crippen LogP contribution in [0, 0.1) is 5.92 Å². The van der Waals surface area contributed by atoms with Gasteiger partial charge in [-0.2, -0.15) is 11.8 Å². The number of hydrogen-bond donors (Lipinski definition) is 2. The van der Waals surface area contributed by atoms with Crippen molar-refractivity contribution in [3.8, 4) is 0 Å². The molecule has 5 heteroatoms. The summed E-state index contributed by atoms with van der Waals surface area (Å²) in [5.74, 6) is 1.74. The van der Waals surface area contributed by atoms with Crippen LogP contribution in [0.15, 0.2) is 24.3 Å². The number of hydrogen-bond acceptors (Lipinski definition) is 3. The Morgan fingerprint density at radius 1 is 1.30 bits per heavy atom. The molecule has 3 rings (SSSR count). The molecule has 0 spiro atoms. The lowest BCUT2D eigenvalue weighted by Gasteiger charge is -2.30. The molecule has 2 atom stereocenters. The Morgan fingerprint density at radius 2 is 2.13 bits per heavy atom. The molecule has 2 fully saturated rings. The molecule has 1 saturated heterocycles. The maximum atomic E-state index is 12.1. The van der Waals surface area contributed by atoms with Crippen LogP contribution < -0.4 is 10.6 Å². The molecule has 1 aliphatic heterocycles. The molecule has 23 heavy (non-hydrogen) atoms. The third-order valence-corrected chi connectivity index (χ3v) is 5.18. The Balaban J connectivity index is 1.43. The van der Waals surface area contributed by atoms with E-state index in [0.29, 0.717) is 12.6 Å². The van der Waals surface area contributed by atoms with Crippen LogP contribution in [0.5, 0.6) is 0 Å². The van der Waals surface area contributed by atoms with Crippen LogP contribution in [0.2, 0.25) is 0 Å². The highest BCUT2D eigenvalue weighted by atomic mass is 32.2. The number of carbonyl (C=O) groups is 1. The maximum Gasteiger partial charge on any atom is 0.315 e. The summed E-state index contributed by atoms with van der Waals surface area (Å²) in [4.78, 5) is 12.1. The van der Waals surface area contributed by atoms with Gasteiger partial charge in [0.25, 0.3) is 0 Å². The van der Waals surface area contributed by atoms with Crippen molar-refractivity contribution >= 4 is 17.8 Å². The number of thioether (sulfide) groups is 1. The standard InChI is InChI=1S/C18H26N2O2S/c1-23-12-14-4-2-3-13(9-14)11-19-18(21)20-16-7-8-22-17(10-16)15-5-6-15/h2-4,9,15-17H,5-8,10-12H2,1H3,(H2,19,20,21)/t16-,17+/m0/s1. The fraction of sp³-hybridized carbons (Fsp3) is 0.611. The van der Waals surface area contributed by atoms with Crippen molar-refractivity contribution in [2.45, 2.75) is 50.1 Å². The second kappa shape index (κ2) is 8.06. The Hall–Kier alpha value is -1.20. The summed E-state index contributed by atoms with van der Waals surface area (Å²) in [6.07, 6.45) is 6.91. The first-order valence-electron chi connectivity index (χ1n) is 8.47. The molecule has 126 valence electrons. The number of ether oxygens (including phenoxy) is 1. The molecule has 2 aliphatic rings. The zero-order chi connectivity index (χ0) is 16.1. The zero-order valence-electron chi connectivity index (χ0n) is 13.7. The second-order valence-corrected chi connectivity index (χ2v) is 7.41. The molecular weight excluding hydrogens is 308 g/mol. The summed E-state index contributed by atoms with van der Waals surface area (Å²) in [6, 6.07) is 8.58. The van der Waals surface area contributed by atoms with Crippen LogP contribution in [-0.4, -0.2) is 31.0 Å². The summed E-state index contributed by atoms with van der Waals surface area (Å²) < 4.78 is 5.81. The summed E-state index contributed by atoms with van der Waals surface area (Å²) in [5.41, 5.74) is 2.45. The smallest absolute Gasteiger partial charge is 0.315 e. The SMILES string of the molecule is CSCc1cccc(CNC(=O)N[C@H]2CCO[C@@H](C3CC3)C2)c1. The molecule has 1 aromatic rings. The van der Waals surface area contributed by atoms with Gasteiger partial charge in [-0.05, 0) is 49.0 Å². The Kier molecular flexibility index (Phi) is 5.84. The summed E-state index contributed by atoms with van der Waals surface area (Å²) in [5, 5.41) is 6.08. The van der Waals surface area contributed by atoms with E-state index in [4.69, 9.17) is 4.74 Å². The highest BCUT2D eigenvalue weighted by Crippen LogP contribution is 2.38. The van der Waals surface area contributed by atoms with Gasteiger partial charge in [0.05, 0.1) is 6.10 Å². The quantitative estimate of drug-likeness (QED) is 0.839. The fourth-order valence-electron chi connectivity index (χ4n) is 3.17. The summed E-state index contributed by atoms with van der Waals surface area (Å²) >= 11 is 1.81. The minimum absolute atomic E-state index is 0.0679. The first-order chi connectivity index (χ1) is 11.2. The lowest BCUT2D eigenvalue weighted by Crippen LogP contribution is -2.46. The van der Waals surface area contributed by atoms with Gasteiger partial charge in [-0.15, -0.1) is 0 Å². The lowest BCUT2D eigenvalue weighted by molar-refractivity contribution is -0.00914. The van der Waals surface area contributed by atoms with Crippen LogP contribution in [0.4, 0.5) is 4.79 Å². The predicted molar refractivity (Wildman–Crippen MR) is 94.5 cm³/mol. The molecule has 4 nitrogen and oxygen atoms in total. The first-order valence-corrected chi connectivity index (χ1v) is 9.86. The van der Waals surface area contributed by atoms with E-state index in [1.54, 1.807) is 0 Å². The minimum atomic E-state index is -0.0679. The summed E-state index contributed by atoms with van der Waals surface area (Å²) in [7, 11) is 0. The summed E-state index contributed by atoms with van der Waals surface area (Å²) in [6.45, 7) is 1.34. The number of urea groups is 1. The maximum absolute atomic E-state index is 12.1. The van der Waals surface area contributed by atoms with E-state index < -0.39 is 0 Å². The van der Waals surface area contributed by atoms with E-state index in [0.717, 1.165) is 36.7 Å². The van der Waals surface area contributed by atoms with E-state index in [9.17, 15) is 4.79 Å². The van der Waals surface area contributed by atoms with Gasteiger partial charge in [0.15, 0.2) is 0 Å². The van der Waals surface area contributed by atoms with Crippen molar-refractivity contribution in [1.29, 1.82) is 0 Å². The van der Waals surface area contributed by atoms with Crippen LogP contribution in [-0.2, 0) is 17.0 Å². The van der Waals surface area contributed by atoms with Gasteiger partial charge in [-0.1, -0.05) is 24.3 Å². The highest BCUT2D eigenvalue weighted by molar-refractivity contribution is 7.97. The molecule has 0 aromatic heterocycles. The van der Waals surface area contributed by atoms with E-state index in [-0.39, 0.29) is 12.1 Å². The largest absolute Gasteiger partial charge is 0.378 e. The fourth-order valence-corrected chi connectivity index (χ4v) is 3.68. The molecule has 1 saturated carbocycles. The average molecular weight is 334 g/mol. The highest BCUT2D eigenvalue weighted by Gasteiger charge is 2.36. The van der Waals surface area contributed by atoms with Gasteiger partial charge < -0.3 is 15.4 Å². The molecular formula is C18H26N2O2S. The van der Waals surface area contributed by atoms with Gasteiger partial charge in [-0.25, -0.2) is 4.79 Å². The van der Waals surface area contributed by atoms with Crippen LogP contribution >= 0.6 is 11.8 Å². The van der Waals surface area contributed by atoms with Crippen molar-refractivity contribution < 1.29 is 9.53 Å².